The quantitative estimate of drug-likeness (QED) is 0.527. The van der Waals surface area contributed by atoms with E-state index in [1.807, 2.05) is 6.92 Å². The van der Waals surface area contributed by atoms with Crippen molar-refractivity contribution in [2.75, 3.05) is 11.9 Å². The Balaban J connectivity index is 1.45. The van der Waals surface area contributed by atoms with Gasteiger partial charge in [-0.15, -0.1) is 0 Å². The van der Waals surface area contributed by atoms with Gasteiger partial charge in [0, 0.05) is 18.2 Å². The number of fused-ring (bicyclic) bond motifs is 1. The molecular weight excluding hydrogens is 447 g/mol. The van der Waals surface area contributed by atoms with Gasteiger partial charge in [0.15, 0.2) is 5.69 Å². The number of ether oxygens (including phenoxy) is 1. The minimum Gasteiger partial charge on any atom is -0.460 e. The van der Waals surface area contributed by atoms with Crippen molar-refractivity contribution in [1.82, 2.24) is 19.7 Å². The second kappa shape index (κ2) is 8.41. The first-order valence-electron chi connectivity index (χ1n) is 11.3. The van der Waals surface area contributed by atoms with Crippen LogP contribution in [0.25, 0.3) is 5.69 Å². The molecule has 1 unspecified atom stereocenters. The molecule has 1 aromatic carbocycles. The molecular formula is C24H24F3N5O2. The second-order valence-electron chi connectivity index (χ2n) is 8.87. The number of rotatable bonds is 5. The van der Waals surface area contributed by atoms with Gasteiger partial charge in [0.1, 0.15) is 6.10 Å². The summed E-state index contributed by atoms with van der Waals surface area (Å²) in [6.45, 7) is 1.91. The SMILES string of the molecule is CC1CCCc2c(C(F)(F)F)nn(-c3cccc(C(=O)N(C)c4cnc(OC5CC5)nc4)c3)c21. The fraction of sp³-hybridized carbons (Fsp3) is 0.417. The summed E-state index contributed by atoms with van der Waals surface area (Å²) in [6.07, 6.45) is 2.45. The van der Waals surface area contributed by atoms with E-state index in [1.165, 1.54) is 22.0 Å². The fourth-order valence-electron chi connectivity index (χ4n) is 4.32. The number of amides is 1. The summed E-state index contributed by atoms with van der Waals surface area (Å²) in [4.78, 5) is 22.9. The molecule has 2 heterocycles. The minimum absolute atomic E-state index is 0.0668. The number of hydrogen-bond acceptors (Lipinski definition) is 5. The van der Waals surface area contributed by atoms with Crippen molar-refractivity contribution in [3.8, 4) is 11.7 Å². The first kappa shape index (κ1) is 22.4. The molecule has 1 atom stereocenters. The monoisotopic (exact) mass is 471 g/mol. The molecule has 2 aliphatic rings. The molecule has 2 aromatic heterocycles. The van der Waals surface area contributed by atoms with Crippen LogP contribution in [-0.2, 0) is 12.6 Å². The number of hydrogen-bond donors (Lipinski definition) is 0. The molecule has 1 amide bonds. The second-order valence-corrected chi connectivity index (χ2v) is 8.87. The highest BCUT2D eigenvalue weighted by molar-refractivity contribution is 6.05. The van der Waals surface area contributed by atoms with Crippen LogP contribution in [0.5, 0.6) is 6.01 Å². The lowest BCUT2D eigenvalue weighted by Gasteiger charge is -2.22. The number of benzene rings is 1. The molecule has 7 nitrogen and oxygen atoms in total. The lowest BCUT2D eigenvalue weighted by molar-refractivity contribution is -0.142. The Hall–Kier alpha value is -3.43. The Bertz CT molecular complexity index is 1220. The van der Waals surface area contributed by atoms with E-state index in [2.05, 4.69) is 15.1 Å². The summed E-state index contributed by atoms with van der Waals surface area (Å²) in [5.41, 5.74) is 1.20. The minimum atomic E-state index is -4.53. The molecule has 34 heavy (non-hydrogen) atoms. The number of carbonyl (C=O) groups excluding carboxylic acids is 1. The van der Waals surface area contributed by atoms with E-state index in [1.54, 1.807) is 31.3 Å². The van der Waals surface area contributed by atoms with Gasteiger partial charge in [-0.1, -0.05) is 13.0 Å². The zero-order chi connectivity index (χ0) is 24.0. The first-order valence-corrected chi connectivity index (χ1v) is 11.3. The predicted octanol–water partition coefficient (Wildman–Crippen LogP) is 4.94. The number of aromatic nitrogens is 4. The van der Waals surface area contributed by atoms with Crippen molar-refractivity contribution in [1.29, 1.82) is 0 Å². The van der Waals surface area contributed by atoms with Crippen molar-refractivity contribution in [2.24, 2.45) is 0 Å². The van der Waals surface area contributed by atoms with E-state index in [4.69, 9.17) is 4.74 Å². The van der Waals surface area contributed by atoms with Crippen LogP contribution >= 0.6 is 0 Å². The van der Waals surface area contributed by atoms with Gasteiger partial charge >= 0.3 is 12.2 Å². The maximum Gasteiger partial charge on any atom is 0.435 e. The molecule has 0 saturated heterocycles. The van der Waals surface area contributed by atoms with Gasteiger partial charge in [-0.3, -0.25) is 4.79 Å². The third-order valence-electron chi connectivity index (χ3n) is 6.26. The molecule has 0 N–H and O–H groups in total. The van der Waals surface area contributed by atoms with Crippen LogP contribution in [0.1, 0.15) is 65.8 Å². The normalized spacial score (nSPS) is 17.9. The van der Waals surface area contributed by atoms with Crippen molar-refractivity contribution in [2.45, 2.75) is 57.2 Å². The number of alkyl halides is 3. The van der Waals surface area contributed by atoms with E-state index in [-0.39, 0.29) is 29.5 Å². The Morgan fingerprint density at radius 3 is 2.59 bits per heavy atom. The van der Waals surface area contributed by atoms with Crippen LogP contribution in [0.15, 0.2) is 36.7 Å². The van der Waals surface area contributed by atoms with E-state index in [0.717, 1.165) is 19.3 Å². The highest BCUT2D eigenvalue weighted by Crippen LogP contribution is 2.40. The van der Waals surface area contributed by atoms with Crippen LogP contribution in [-0.4, -0.2) is 38.8 Å². The van der Waals surface area contributed by atoms with Crippen molar-refractivity contribution >= 4 is 11.6 Å². The molecule has 1 fully saturated rings. The van der Waals surface area contributed by atoms with E-state index in [9.17, 15) is 18.0 Å². The topological polar surface area (TPSA) is 73.1 Å². The van der Waals surface area contributed by atoms with Crippen molar-refractivity contribution in [3.05, 3.63) is 59.2 Å². The van der Waals surface area contributed by atoms with Crippen LogP contribution in [0, 0.1) is 0 Å². The highest BCUT2D eigenvalue weighted by atomic mass is 19.4. The lowest BCUT2D eigenvalue weighted by atomic mass is 9.87. The van der Waals surface area contributed by atoms with Crippen molar-refractivity contribution < 1.29 is 22.7 Å². The molecule has 1 saturated carbocycles. The largest absolute Gasteiger partial charge is 0.460 e. The Kier molecular flexibility index (Phi) is 5.53. The molecule has 0 spiro atoms. The van der Waals surface area contributed by atoms with Gasteiger partial charge in [-0.25, -0.2) is 14.6 Å². The summed E-state index contributed by atoms with van der Waals surface area (Å²) in [7, 11) is 1.59. The number of anilines is 1. The first-order chi connectivity index (χ1) is 16.2. The predicted molar refractivity (Wildman–Crippen MR) is 118 cm³/mol. The number of carbonyl (C=O) groups is 1. The Morgan fingerprint density at radius 2 is 1.91 bits per heavy atom. The van der Waals surface area contributed by atoms with E-state index in [0.29, 0.717) is 35.5 Å². The molecule has 178 valence electrons. The summed E-state index contributed by atoms with van der Waals surface area (Å²) >= 11 is 0. The smallest absolute Gasteiger partial charge is 0.435 e. The van der Waals surface area contributed by atoms with Crippen molar-refractivity contribution in [3.63, 3.8) is 0 Å². The molecule has 2 aliphatic carbocycles. The van der Waals surface area contributed by atoms with Crippen LogP contribution in [0.4, 0.5) is 18.9 Å². The maximum atomic E-state index is 13.7. The molecule has 5 rings (SSSR count). The summed E-state index contributed by atoms with van der Waals surface area (Å²) in [5.74, 6) is -0.408. The molecule has 0 radical (unpaired) electrons. The van der Waals surface area contributed by atoms with Gasteiger partial charge in [0.25, 0.3) is 5.91 Å². The highest BCUT2D eigenvalue weighted by Gasteiger charge is 2.41. The number of halogens is 3. The zero-order valence-corrected chi connectivity index (χ0v) is 18.8. The molecule has 3 aromatic rings. The average Bonchev–Trinajstić information content (AvgIpc) is 3.53. The van der Waals surface area contributed by atoms with E-state index < -0.39 is 11.9 Å². The summed E-state index contributed by atoms with van der Waals surface area (Å²) in [6, 6.07) is 6.77. The van der Waals surface area contributed by atoms with Gasteiger partial charge in [0.2, 0.25) is 0 Å². The Morgan fingerprint density at radius 1 is 1.18 bits per heavy atom. The van der Waals surface area contributed by atoms with Crippen LogP contribution in [0.2, 0.25) is 0 Å². The molecule has 10 heteroatoms. The third kappa shape index (κ3) is 4.24. The zero-order valence-electron chi connectivity index (χ0n) is 18.8. The third-order valence-corrected chi connectivity index (χ3v) is 6.26. The fourth-order valence-corrected chi connectivity index (χ4v) is 4.32. The number of nitrogens with zero attached hydrogens (tertiary/aromatic N) is 5. The molecule has 0 aliphatic heterocycles. The van der Waals surface area contributed by atoms with Gasteiger partial charge in [0.05, 0.1) is 29.5 Å². The van der Waals surface area contributed by atoms with Crippen LogP contribution in [0.3, 0.4) is 0 Å². The van der Waals surface area contributed by atoms with Gasteiger partial charge < -0.3 is 9.64 Å². The Labute approximate surface area is 194 Å². The van der Waals surface area contributed by atoms with Crippen LogP contribution < -0.4 is 9.64 Å². The summed E-state index contributed by atoms with van der Waals surface area (Å²) < 4.78 is 47.9. The summed E-state index contributed by atoms with van der Waals surface area (Å²) in [5, 5.41) is 3.96. The average molecular weight is 471 g/mol. The standard InChI is InChI=1S/C24H24F3N5O2/c1-14-5-3-8-19-20(14)32(30-21(19)24(25,26)27)16-7-4-6-15(11-16)22(33)31(2)17-12-28-23(29-13-17)34-18-9-10-18/h4,6-7,11-14,18H,3,5,8-10H2,1-2H3. The van der Waals surface area contributed by atoms with Gasteiger partial charge in [-0.2, -0.15) is 18.3 Å². The molecule has 0 bridgehead atoms. The van der Waals surface area contributed by atoms with Gasteiger partial charge in [-0.05, 0) is 56.2 Å². The maximum absolute atomic E-state index is 13.7. The van der Waals surface area contributed by atoms with E-state index >= 15 is 0 Å². The lowest BCUT2D eigenvalue weighted by Crippen LogP contribution is -2.26.